The van der Waals surface area contributed by atoms with Gasteiger partial charge in [-0.2, -0.15) is 0 Å². The highest BCUT2D eigenvalue weighted by Crippen LogP contribution is 2.24. The Bertz CT molecular complexity index is 693. The molecule has 1 fully saturated rings. The molecule has 1 aromatic carbocycles. The zero-order chi connectivity index (χ0) is 14.7. The number of anilines is 1. The molecule has 1 aliphatic rings. The minimum atomic E-state index is -0.445. The standard InChI is InChI=1S/C15H16N4O2/c20-19(21)8-5-12-11-15(18-9-6-16-7-10-18)17-14-4-2-1-3-13(12)14/h1-5,8,11,16H,6-7,9-10H2. The second-order valence-corrected chi connectivity index (χ2v) is 4.92. The third kappa shape index (κ3) is 3.00. The summed E-state index contributed by atoms with van der Waals surface area (Å²) in [7, 11) is 0. The largest absolute Gasteiger partial charge is 0.354 e. The fourth-order valence-electron chi connectivity index (χ4n) is 2.52. The molecule has 3 rings (SSSR count). The summed E-state index contributed by atoms with van der Waals surface area (Å²) < 4.78 is 0. The molecule has 2 aromatic rings. The number of fused-ring (bicyclic) bond motifs is 1. The third-order valence-corrected chi connectivity index (χ3v) is 3.55. The van der Waals surface area contributed by atoms with Crippen molar-refractivity contribution in [3.8, 4) is 0 Å². The number of aromatic nitrogens is 1. The Balaban J connectivity index is 2.07. The lowest BCUT2D eigenvalue weighted by atomic mass is 10.1. The van der Waals surface area contributed by atoms with Gasteiger partial charge in [0.1, 0.15) is 5.82 Å². The Hall–Kier alpha value is -2.47. The first-order valence-electron chi connectivity index (χ1n) is 6.91. The monoisotopic (exact) mass is 284 g/mol. The van der Waals surface area contributed by atoms with Crippen LogP contribution in [0.2, 0.25) is 0 Å². The summed E-state index contributed by atoms with van der Waals surface area (Å²) in [5, 5.41) is 14.8. The molecule has 6 nitrogen and oxygen atoms in total. The van der Waals surface area contributed by atoms with E-state index in [9.17, 15) is 10.1 Å². The van der Waals surface area contributed by atoms with E-state index in [1.807, 2.05) is 30.3 Å². The molecule has 0 bridgehead atoms. The summed E-state index contributed by atoms with van der Waals surface area (Å²) in [6, 6.07) is 9.64. The fraction of sp³-hybridized carbons (Fsp3) is 0.267. The van der Waals surface area contributed by atoms with Gasteiger partial charge in [-0.25, -0.2) is 4.98 Å². The molecule has 0 saturated carbocycles. The zero-order valence-electron chi connectivity index (χ0n) is 11.5. The van der Waals surface area contributed by atoms with E-state index in [0.29, 0.717) is 0 Å². The maximum absolute atomic E-state index is 10.6. The number of nitrogens with zero attached hydrogens (tertiary/aromatic N) is 3. The van der Waals surface area contributed by atoms with E-state index in [1.165, 1.54) is 6.08 Å². The Morgan fingerprint density at radius 2 is 2.05 bits per heavy atom. The first-order valence-corrected chi connectivity index (χ1v) is 6.91. The van der Waals surface area contributed by atoms with E-state index in [-0.39, 0.29) is 0 Å². The normalized spacial score (nSPS) is 15.7. The second-order valence-electron chi connectivity index (χ2n) is 4.92. The lowest BCUT2D eigenvalue weighted by Crippen LogP contribution is -2.43. The SMILES string of the molecule is O=[N+]([O-])C=Cc1cc(N2CCNCC2)nc2ccccc12. The molecule has 0 spiro atoms. The van der Waals surface area contributed by atoms with Gasteiger partial charge >= 0.3 is 0 Å². The molecule has 0 amide bonds. The molecule has 1 aliphatic heterocycles. The van der Waals surface area contributed by atoms with Gasteiger partial charge in [0.2, 0.25) is 6.20 Å². The van der Waals surface area contributed by atoms with Crippen molar-refractivity contribution in [3.63, 3.8) is 0 Å². The predicted octanol–water partition coefficient (Wildman–Crippen LogP) is 1.89. The number of hydrogen-bond acceptors (Lipinski definition) is 5. The van der Waals surface area contributed by atoms with Crippen molar-refractivity contribution in [3.05, 3.63) is 52.2 Å². The van der Waals surface area contributed by atoms with Gasteiger partial charge in [-0.3, -0.25) is 10.1 Å². The van der Waals surface area contributed by atoms with Gasteiger partial charge in [-0.1, -0.05) is 18.2 Å². The quantitative estimate of drug-likeness (QED) is 0.688. The van der Waals surface area contributed by atoms with Crippen molar-refractivity contribution in [2.45, 2.75) is 0 Å². The van der Waals surface area contributed by atoms with Crippen LogP contribution in [0.4, 0.5) is 5.82 Å². The van der Waals surface area contributed by atoms with Crippen LogP contribution in [0.1, 0.15) is 5.56 Å². The average Bonchev–Trinajstić information content (AvgIpc) is 2.53. The van der Waals surface area contributed by atoms with E-state index >= 15 is 0 Å². The Morgan fingerprint density at radius 3 is 2.81 bits per heavy atom. The van der Waals surface area contributed by atoms with Crippen LogP contribution in [-0.2, 0) is 0 Å². The van der Waals surface area contributed by atoms with Gasteiger partial charge in [0, 0.05) is 37.6 Å². The lowest BCUT2D eigenvalue weighted by molar-refractivity contribution is -0.400. The Kier molecular flexibility index (Phi) is 3.79. The number of nitrogens with one attached hydrogen (secondary N) is 1. The molecule has 108 valence electrons. The van der Waals surface area contributed by atoms with Gasteiger partial charge < -0.3 is 10.2 Å². The minimum absolute atomic E-state index is 0.445. The van der Waals surface area contributed by atoms with Crippen molar-refractivity contribution < 1.29 is 4.92 Å². The predicted molar refractivity (Wildman–Crippen MR) is 82.9 cm³/mol. The van der Waals surface area contributed by atoms with Crippen LogP contribution >= 0.6 is 0 Å². The van der Waals surface area contributed by atoms with Crippen LogP contribution < -0.4 is 10.2 Å². The summed E-state index contributed by atoms with van der Waals surface area (Å²) in [5.41, 5.74) is 1.68. The van der Waals surface area contributed by atoms with Crippen LogP contribution in [0.3, 0.4) is 0 Å². The summed E-state index contributed by atoms with van der Waals surface area (Å²) in [4.78, 5) is 17.0. The highest BCUT2D eigenvalue weighted by Gasteiger charge is 2.13. The maximum Gasteiger partial charge on any atom is 0.235 e. The summed E-state index contributed by atoms with van der Waals surface area (Å²) >= 11 is 0. The number of nitro groups is 1. The average molecular weight is 284 g/mol. The zero-order valence-corrected chi connectivity index (χ0v) is 11.5. The highest BCUT2D eigenvalue weighted by molar-refractivity contribution is 5.89. The maximum atomic E-state index is 10.6. The van der Waals surface area contributed by atoms with Crippen LogP contribution in [0.15, 0.2) is 36.5 Å². The van der Waals surface area contributed by atoms with Gasteiger partial charge in [-0.05, 0) is 17.7 Å². The smallest absolute Gasteiger partial charge is 0.235 e. The molecule has 0 aliphatic carbocycles. The van der Waals surface area contributed by atoms with E-state index in [0.717, 1.165) is 54.7 Å². The van der Waals surface area contributed by atoms with Crippen LogP contribution in [-0.4, -0.2) is 36.1 Å². The van der Waals surface area contributed by atoms with Crippen molar-refractivity contribution in [2.24, 2.45) is 0 Å². The second kappa shape index (κ2) is 5.88. The van der Waals surface area contributed by atoms with Crippen molar-refractivity contribution in [2.75, 3.05) is 31.1 Å². The van der Waals surface area contributed by atoms with Gasteiger partial charge in [0.05, 0.1) is 10.4 Å². The molecule has 1 N–H and O–H groups in total. The molecule has 6 heteroatoms. The topological polar surface area (TPSA) is 71.3 Å². The highest BCUT2D eigenvalue weighted by atomic mass is 16.6. The molecule has 0 radical (unpaired) electrons. The lowest BCUT2D eigenvalue weighted by Gasteiger charge is -2.28. The molecular formula is C15H16N4O2. The van der Waals surface area contributed by atoms with Gasteiger partial charge in [0.25, 0.3) is 0 Å². The first kappa shape index (κ1) is 13.5. The van der Waals surface area contributed by atoms with Crippen LogP contribution in [0, 0.1) is 10.1 Å². The first-order chi connectivity index (χ1) is 10.2. The summed E-state index contributed by atoms with van der Waals surface area (Å²) in [6.45, 7) is 3.64. The van der Waals surface area contributed by atoms with Gasteiger partial charge in [-0.15, -0.1) is 0 Å². The Morgan fingerprint density at radius 1 is 1.29 bits per heavy atom. The van der Waals surface area contributed by atoms with Crippen LogP contribution in [0.5, 0.6) is 0 Å². The fourth-order valence-corrected chi connectivity index (χ4v) is 2.52. The minimum Gasteiger partial charge on any atom is -0.354 e. The number of benzene rings is 1. The van der Waals surface area contributed by atoms with Crippen molar-refractivity contribution in [1.82, 2.24) is 10.3 Å². The molecule has 1 saturated heterocycles. The Labute approximate surface area is 122 Å². The van der Waals surface area contributed by atoms with Crippen molar-refractivity contribution in [1.29, 1.82) is 0 Å². The molecule has 21 heavy (non-hydrogen) atoms. The van der Waals surface area contributed by atoms with Crippen molar-refractivity contribution >= 4 is 22.8 Å². The van der Waals surface area contributed by atoms with E-state index < -0.39 is 4.92 Å². The van der Waals surface area contributed by atoms with Crippen LogP contribution in [0.25, 0.3) is 17.0 Å². The number of para-hydroxylation sites is 1. The number of pyridine rings is 1. The molecular weight excluding hydrogens is 268 g/mol. The van der Waals surface area contributed by atoms with E-state index in [1.54, 1.807) is 0 Å². The van der Waals surface area contributed by atoms with Gasteiger partial charge in [0.15, 0.2) is 0 Å². The molecule has 0 unspecified atom stereocenters. The molecule has 1 aromatic heterocycles. The number of piperazine rings is 1. The van der Waals surface area contributed by atoms with E-state index in [2.05, 4.69) is 15.2 Å². The molecule has 2 heterocycles. The number of hydrogen-bond donors (Lipinski definition) is 1. The summed E-state index contributed by atoms with van der Waals surface area (Å²) in [5.74, 6) is 0.873. The molecule has 0 atom stereocenters. The van der Waals surface area contributed by atoms with E-state index in [4.69, 9.17) is 0 Å². The third-order valence-electron chi connectivity index (χ3n) is 3.55. The number of rotatable bonds is 3. The summed E-state index contributed by atoms with van der Waals surface area (Å²) in [6.07, 6.45) is 2.51.